The molecule has 1 aromatic carbocycles. The van der Waals surface area contributed by atoms with Gasteiger partial charge < -0.3 is 10.1 Å². The molecule has 3 aromatic rings. The van der Waals surface area contributed by atoms with E-state index in [1.165, 1.54) is 11.8 Å². The molecule has 4 rings (SSSR count). The van der Waals surface area contributed by atoms with Crippen molar-refractivity contribution in [3.05, 3.63) is 47.3 Å². The first-order chi connectivity index (χ1) is 13.7. The van der Waals surface area contributed by atoms with Crippen molar-refractivity contribution in [2.24, 2.45) is 0 Å². The molecule has 0 unspecified atom stereocenters. The Morgan fingerprint density at radius 2 is 2.14 bits per heavy atom. The molecule has 28 heavy (non-hydrogen) atoms. The van der Waals surface area contributed by atoms with E-state index in [1.54, 1.807) is 18.4 Å². The van der Waals surface area contributed by atoms with E-state index >= 15 is 0 Å². The van der Waals surface area contributed by atoms with E-state index < -0.39 is 0 Å². The van der Waals surface area contributed by atoms with Gasteiger partial charge in [0.05, 0.1) is 17.2 Å². The second-order valence-electron chi connectivity index (χ2n) is 6.67. The average molecular weight is 415 g/mol. The fourth-order valence-electron chi connectivity index (χ4n) is 2.98. The molecule has 1 amide bonds. The van der Waals surface area contributed by atoms with E-state index in [-0.39, 0.29) is 11.2 Å². The summed E-state index contributed by atoms with van der Waals surface area (Å²) in [5.41, 5.74) is 0.955. The third kappa shape index (κ3) is 4.07. The number of hydrogen-bond donors (Lipinski definition) is 1. The lowest BCUT2D eigenvalue weighted by Gasteiger charge is -2.14. The molecule has 2 heterocycles. The number of thioether (sulfide) groups is 1. The topological polar surface area (TPSA) is 69.0 Å². The third-order valence-electron chi connectivity index (χ3n) is 4.62. The van der Waals surface area contributed by atoms with Crippen LogP contribution in [0.4, 0.5) is 0 Å². The summed E-state index contributed by atoms with van der Waals surface area (Å²) in [6.07, 6.45) is 2.27. The number of hydrogen-bond acceptors (Lipinski definition) is 6. The van der Waals surface area contributed by atoms with Crippen LogP contribution in [0.25, 0.3) is 10.7 Å². The summed E-state index contributed by atoms with van der Waals surface area (Å²) in [5.74, 6) is 1.65. The summed E-state index contributed by atoms with van der Waals surface area (Å²) in [6, 6.07) is 12.2. The minimum atomic E-state index is -0.271. The monoisotopic (exact) mass is 414 g/mol. The predicted molar refractivity (Wildman–Crippen MR) is 112 cm³/mol. The molecule has 1 N–H and O–H groups in total. The molecular weight excluding hydrogens is 392 g/mol. The van der Waals surface area contributed by atoms with Crippen molar-refractivity contribution in [3.8, 4) is 16.5 Å². The van der Waals surface area contributed by atoms with E-state index in [0.717, 1.165) is 40.0 Å². The van der Waals surface area contributed by atoms with Crippen molar-refractivity contribution >= 4 is 29.0 Å². The molecule has 1 fully saturated rings. The van der Waals surface area contributed by atoms with Gasteiger partial charge in [0.1, 0.15) is 5.75 Å². The number of para-hydroxylation sites is 1. The molecule has 8 heteroatoms. The van der Waals surface area contributed by atoms with Gasteiger partial charge >= 0.3 is 0 Å². The van der Waals surface area contributed by atoms with Crippen molar-refractivity contribution < 1.29 is 9.53 Å². The summed E-state index contributed by atoms with van der Waals surface area (Å²) < 4.78 is 7.54. The summed E-state index contributed by atoms with van der Waals surface area (Å²) in [4.78, 5) is 13.7. The van der Waals surface area contributed by atoms with E-state index in [1.807, 2.05) is 42.6 Å². The Bertz CT molecular complexity index is 951. The lowest BCUT2D eigenvalue weighted by atomic mass is 10.2. The molecule has 0 aliphatic heterocycles. The smallest absolute Gasteiger partial charge is 0.233 e. The molecule has 1 aliphatic carbocycles. The second-order valence-corrected chi connectivity index (χ2v) is 8.93. The molecular formula is C20H22N4O2S2. The van der Waals surface area contributed by atoms with Gasteiger partial charge in [0, 0.05) is 18.2 Å². The Hall–Kier alpha value is -2.32. The summed E-state index contributed by atoms with van der Waals surface area (Å²) in [7, 11) is 1.63. The van der Waals surface area contributed by atoms with Crippen LogP contribution in [-0.4, -0.2) is 33.0 Å². The number of rotatable bonds is 8. The number of aromatic nitrogens is 3. The van der Waals surface area contributed by atoms with Crippen molar-refractivity contribution in [1.29, 1.82) is 0 Å². The van der Waals surface area contributed by atoms with Crippen molar-refractivity contribution in [2.75, 3.05) is 7.11 Å². The number of carbonyl (C=O) groups excluding carboxylic acids is 1. The van der Waals surface area contributed by atoms with Crippen molar-refractivity contribution in [1.82, 2.24) is 20.1 Å². The van der Waals surface area contributed by atoms with Gasteiger partial charge in [0.15, 0.2) is 11.0 Å². The number of benzene rings is 1. The van der Waals surface area contributed by atoms with Gasteiger partial charge in [-0.05, 0) is 37.3 Å². The minimum absolute atomic E-state index is 0.0288. The first kappa shape index (κ1) is 19.0. The summed E-state index contributed by atoms with van der Waals surface area (Å²) in [6.45, 7) is 2.34. The fourth-order valence-corrected chi connectivity index (χ4v) is 4.63. The van der Waals surface area contributed by atoms with E-state index in [9.17, 15) is 4.79 Å². The van der Waals surface area contributed by atoms with Gasteiger partial charge in [0.2, 0.25) is 5.91 Å². The summed E-state index contributed by atoms with van der Waals surface area (Å²) >= 11 is 3.12. The molecule has 0 spiro atoms. The number of carbonyl (C=O) groups is 1. The number of thiophene rings is 1. The van der Waals surface area contributed by atoms with Crippen LogP contribution in [-0.2, 0) is 11.3 Å². The van der Waals surface area contributed by atoms with E-state index in [0.29, 0.717) is 12.6 Å². The highest BCUT2D eigenvalue weighted by Gasteiger charge is 2.31. The second kappa shape index (κ2) is 8.36. The highest BCUT2D eigenvalue weighted by atomic mass is 32.2. The lowest BCUT2D eigenvalue weighted by molar-refractivity contribution is -0.120. The average Bonchev–Trinajstić information content (AvgIpc) is 3.24. The lowest BCUT2D eigenvalue weighted by Crippen LogP contribution is -2.30. The molecule has 0 saturated heterocycles. The molecule has 1 saturated carbocycles. The molecule has 1 aliphatic rings. The first-order valence-electron chi connectivity index (χ1n) is 9.22. The molecule has 0 radical (unpaired) electrons. The molecule has 0 bridgehead atoms. The Labute approximate surface area is 172 Å². The largest absolute Gasteiger partial charge is 0.496 e. The Balaban J connectivity index is 1.43. The molecule has 2 aromatic heterocycles. The summed E-state index contributed by atoms with van der Waals surface area (Å²) in [5, 5.41) is 14.4. The predicted octanol–water partition coefficient (Wildman–Crippen LogP) is 4.15. The SMILES string of the molecule is COc1ccccc1CNC(=O)[C@@H](C)Sc1nnc(-c2cccs2)n1C1CC1. The first-order valence-corrected chi connectivity index (χ1v) is 11.0. The highest BCUT2D eigenvalue weighted by molar-refractivity contribution is 8.00. The number of methoxy groups -OCH3 is 1. The van der Waals surface area contributed by atoms with Crippen molar-refractivity contribution in [2.45, 2.75) is 42.8 Å². The van der Waals surface area contributed by atoms with Crippen LogP contribution in [0.3, 0.4) is 0 Å². The van der Waals surface area contributed by atoms with Crippen LogP contribution in [0.5, 0.6) is 5.75 Å². The standard InChI is InChI=1S/C20H22N4O2S2/c1-13(19(25)21-12-14-6-3-4-7-16(14)26-2)28-20-23-22-18(17-8-5-11-27-17)24(20)15-9-10-15/h3-8,11,13,15H,9-10,12H2,1-2H3,(H,21,25)/t13-/m1/s1. The maximum absolute atomic E-state index is 12.6. The Morgan fingerprint density at radius 1 is 1.32 bits per heavy atom. The zero-order valence-electron chi connectivity index (χ0n) is 15.8. The highest BCUT2D eigenvalue weighted by Crippen LogP contribution is 2.42. The Morgan fingerprint density at radius 3 is 2.86 bits per heavy atom. The van der Waals surface area contributed by atoms with Gasteiger partial charge in [-0.15, -0.1) is 21.5 Å². The van der Waals surface area contributed by atoms with Gasteiger partial charge in [-0.25, -0.2) is 0 Å². The number of nitrogens with one attached hydrogen (secondary N) is 1. The van der Waals surface area contributed by atoms with Crippen LogP contribution in [0, 0.1) is 0 Å². The van der Waals surface area contributed by atoms with Gasteiger partial charge in [-0.3, -0.25) is 9.36 Å². The number of nitrogens with zero attached hydrogens (tertiary/aromatic N) is 3. The van der Waals surface area contributed by atoms with Crippen LogP contribution in [0.15, 0.2) is 46.9 Å². The molecule has 1 atom stereocenters. The maximum Gasteiger partial charge on any atom is 0.233 e. The van der Waals surface area contributed by atoms with Gasteiger partial charge in [0.25, 0.3) is 0 Å². The van der Waals surface area contributed by atoms with Gasteiger partial charge in [-0.1, -0.05) is 36.0 Å². The minimum Gasteiger partial charge on any atom is -0.496 e. The third-order valence-corrected chi connectivity index (χ3v) is 6.54. The van der Waals surface area contributed by atoms with E-state index in [4.69, 9.17) is 4.74 Å². The fraction of sp³-hybridized carbons (Fsp3) is 0.350. The molecule has 146 valence electrons. The van der Waals surface area contributed by atoms with Crippen LogP contribution < -0.4 is 10.1 Å². The van der Waals surface area contributed by atoms with Crippen molar-refractivity contribution in [3.63, 3.8) is 0 Å². The zero-order chi connectivity index (χ0) is 19.5. The van der Waals surface area contributed by atoms with Crippen LogP contribution in [0.2, 0.25) is 0 Å². The number of amides is 1. The van der Waals surface area contributed by atoms with E-state index in [2.05, 4.69) is 26.1 Å². The van der Waals surface area contributed by atoms with Gasteiger partial charge in [-0.2, -0.15) is 0 Å². The zero-order valence-corrected chi connectivity index (χ0v) is 17.4. The van der Waals surface area contributed by atoms with Crippen LogP contribution in [0.1, 0.15) is 31.4 Å². The van der Waals surface area contributed by atoms with Crippen LogP contribution >= 0.6 is 23.1 Å². The molecule has 6 nitrogen and oxygen atoms in total. The normalized spacial score (nSPS) is 14.6. The number of ether oxygens (including phenoxy) is 1. The Kier molecular flexibility index (Phi) is 5.68. The maximum atomic E-state index is 12.6. The quantitative estimate of drug-likeness (QED) is 0.561.